The lowest BCUT2D eigenvalue weighted by atomic mass is 9.42. The molecule has 5 saturated carbocycles. The lowest BCUT2D eigenvalue weighted by molar-refractivity contribution is -0.149. The highest BCUT2D eigenvalue weighted by Crippen LogP contribution is 2.65. The Kier molecular flexibility index (Phi) is 3.84. The Bertz CT molecular complexity index is 675. The van der Waals surface area contributed by atoms with Crippen molar-refractivity contribution >= 4 is 5.91 Å². The van der Waals surface area contributed by atoms with Gasteiger partial charge < -0.3 is 10.1 Å². The summed E-state index contributed by atoms with van der Waals surface area (Å²) < 4.78 is 5.36. The summed E-state index contributed by atoms with van der Waals surface area (Å²) in [5.41, 5.74) is 1.54. The molecule has 5 aliphatic carbocycles. The van der Waals surface area contributed by atoms with E-state index in [-0.39, 0.29) is 10.8 Å². The van der Waals surface area contributed by atoms with Crippen molar-refractivity contribution in [3.63, 3.8) is 0 Å². The minimum absolute atomic E-state index is 0.105. The maximum atomic E-state index is 13.4. The van der Waals surface area contributed by atoms with E-state index in [0.717, 1.165) is 36.8 Å². The first-order valence-electron chi connectivity index (χ1n) is 10.6. The van der Waals surface area contributed by atoms with Gasteiger partial charge in [0.1, 0.15) is 5.75 Å². The van der Waals surface area contributed by atoms with Gasteiger partial charge >= 0.3 is 0 Å². The zero-order valence-corrected chi connectivity index (χ0v) is 15.9. The number of carbonyl (C=O) groups excluding carboxylic acids is 1. The van der Waals surface area contributed by atoms with Gasteiger partial charge in [-0.05, 0) is 86.3 Å². The second kappa shape index (κ2) is 6.00. The molecule has 1 N–H and O–H groups in total. The highest BCUT2D eigenvalue weighted by Gasteiger charge is 2.61. The number of nitrogens with one attached hydrogen (secondary N) is 1. The lowest BCUT2D eigenvalue weighted by Crippen LogP contribution is -2.59. The van der Waals surface area contributed by atoms with Crippen LogP contribution in [0.25, 0.3) is 0 Å². The highest BCUT2D eigenvalue weighted by molar-refractivity contribution is 5.84. The third-order valence-corrected chi connectivity index (χ3v) is 7.94. The molecule has 0 radical (unpaired) electrons. The van der Waals surface area contributed by atoms with E-state index >= 15 is 0 Å². The van der Waals surface area contributed by atoms with Crippen LogP contribution in [0, 0.1) is 17.3 Å². The zero-order chi connectivity index (χ0) is 17.8. The lowest BCUT2D eigenvalue weighted by Gasteiger charge is -2.61. The number of amides is 1. The molecule has 0 spiro atoms. The maximum absolute atomic E-state index is 13.4. The molecule has 1 aromatic rings. The van der Waals surface area contributed by atoms with E-state index in [1.165, 1.54) is 50.5 Å². The van der Waals surface area contributed by atoms with Gasteiger partial charge in [-0.1, -0.05) is 25.0 Å². The summed E-state index contributed by atoms with van der Waals surface area (Å²) in [5, 5.41) is 3.46. The summed E-state index contributed by atoms with van der Waals surface area (Å²) >= 11 is 0. The van der Waals surface area contributed by atoms with Gasteiger partial charge in [-0.2, -0.15) is 0 Å². The van der Waals surface area contributed by atoms with Crippen LogP contribution >= 0.6 is 0 Å². The van der Waals surface area contributed by atoms with Crippen molar-refractivity contribution in [1.82, 2.24) is 5.32 Å². The van der Waals surface area contributed by atoms with Crippen LogP contribution in [-0.2, 0) is 10.2 Å². The van der Waals surface area contributed by atoms with Crippen LogP contribution in [0.5, 0.6) is 5.75 Å². The van der Waals surface area contributed by atoms with E-state index in [1.807, 2.05) is 0 Å². The topological polar surface area (TPSA) is 38.3 Å². The second-order valence-corrected chi connectivity index (χ2v) is 9.71. The van der Waals surface area contributed by atoms with Crippen LogP contribution in [0.3, 0.4) is 0 Å². The number of rotatable bonds is 4. The van der Waals surface area contributed by atoms with Gasteiger partial charge in [-0.15, -0.1) is 0 Å². The predicted octanol–water partition coefficient (Wildman–Crippen LogP) is 4.59. The monoisotopic (exact) mass is 353 g/mol. The minimum atomic E-state index is -0.105. The van der Waals surface area contributed by atoms with E-state index in [9.17, 15) is 4.79 Å². The van der Waals surface area contributed by atoms with Crippen LogP contribution in [0.2, 0.25) is 0 Å². The molecule has 5 fully saturated rings. The minimum Gasteiger partial charge on any atom is -0.497 e. The van der Waals surface area contributed by atoms with E-state index in [1.54, 1.807) is 7.11 Å². The van der Waals surface area contributed by atoms with Gasteiger partial charge in [0.2, 0.25) is 5.91 Å². The van der Waals surface area contributed by atoms with Crippen molar-refractivity contribution in [3.8, 4) is 5.75 Å². The third-order valence-electron chi connectivity index (χ3n) is 7.94. The molecule has 3 heteroatoms. The number of hydrogen-bond acceptors (Lipinski definition) is 2. The molecule has 3 nitrogen and oxygen atoms in total. The number of ether oxygens (including phenoxy) is 1. The van der Waals surface area contributed by atoms with Crippen LogP contribution in [0.4, 0.5) is 0 Å². The molecular weight excluding hydrogens is 322 g/mol. The molecular formula is C23H31NO2. The average molecular weight is 354 g/mol. The molecule has 6 rings (SSSR count). The summed E-state index contributed by atoms with van der Waals surface area (Å²) in [7, 11) is 1.72. The molecule has 2 atom stereocenters. The molecule has 4 bridgehead atoms. The fourth-order valence-corrected chi connectivity index (χ4v) is 7.22. The molecule has 0 aromatic heterocycles. The molecule has 2 unspecified atom stereocenters. The van der Waals surface area contributed by atoms with Crippen molar-refractivity contribution in [2.75, 3.05) is 7.11 Å². The SMILES string of the molecule is COc1ccc(C23CC4CC(CC(C(=O)NC5CCCC5)(C4)C2)C3)cc1. The number of hydrogen-bond donors (Lipinski definition) is 1. The summed E-state index contributed by atoms with van der Waals surface area (Å²) in [4.78, 5) is 13.4. The van der Waals surface area contributed by atoms with Crippen molar-refractivity contribution in [2.24, 2.45) is 17.3 Å². The predicted molar refractivity (Wildman–Crippen MR) is 102 cm³/mol. The Labute approximate surface area is 156 Å². The largest absolute Gasteiger partial charge is 0.497 e. The Morgan fingerprint density at radius 1 is 1.04 bits per heavy atom. The average Bonchev–Trinajstić information content (AvgIpc) is 3.14. The van der Waals surface area contributed by atoms with Crippen LogP contribution < -0.4 is 10.1 Å². The Morgan fingerprint density at radius 2 is 1.69 bits per heavy atom. The van der Waals surface area contributed by atoms with Crippen LogP contribution in [-0.4, -0.2) is 19.1 Å². The summed E-state index contributed by atoms with van der Waals surface area (Å²) in [5.74, 6) is 2.77. The van der Waals surface area contributed by atoms with E-state index in [0.29, 0.717) is 11.9 Å². The van der Waals surface area contributed by atoms with Crippen LogP contribution in [0.1, 0.15) is 69.8 Å². The highest BCUT2D eigenvalue weighted by atomic mass is 16.5. The fraction of sp³-hybridized carbons (Fsp3) is 0.696. The van der Waals surface area contributed by atoms with E-state index in [2.05, 4.69) is 29.6 Å². The molecule has 26 heavy (non-hydrogen) atoms. The number of benzene rings is 1. The second-order valence-electron chi connectivity index (χ2n) is 9.71. The Hall–Kier alpha value is -1.51. The van der Waals surface area contributed by atoms with Gasteiger partial charge in [-0.3, -0.25) is 4.79 Å². The fourth-order valence-electron chi connectivity index (χ4n) is 7.22. The smallest absolute Gasteiger partial charge is 0.226 e. The number of methoxy groups -OCH3 is 1. The molecule has 140 valence electrons. The Balaban J connectivity index is 1.44. The molecule has 1 aromatic carbocycles. The molecule has 0 heterocycles. The first kappa shape index (κ1) is 16.6. The van der Waals surface area contributed by atoms with Crippen molar-refractivity contribution in [1.29, 1.82) is 0 Å². The van der Waals surface area contributed by atoms with Crippen molar-refractivity contribution in [2.45, 2.75) is 75.7 Å². The first-order chi connectivity index (χ1) is 12.6. The molecule has 5 aliphatic rings. The van der Waals surface area contributed by atoms with Gasteiger partial charge in [-0.25, -0.2) is 0 Å². The quantitative estimate of drug-likeness (QED) is 0.859. The maximum Gasteiger partial charge on any atom is 0.226 e. The van der Waals surface area contributed by atoms with Gasteiger partial charge in [0.05, 0.1) is 12.5 Å². The van der Waals surface area contributed by atoms with Gasteiger partial charge in [0.15, 0.2) is 0 Å². The molecule has 0 aliphatic heterocycles. The molecule has 1 amide bonds. The van der Waals surface area contributed by atoms with E-state index in [4.69, 9.17) is 4.74 Å². The summed E-state index contributed by atoms with van der Waals surface area (Å²) in [6, 6.07) is 9.15. The van der Waals surface area contributed by atoms with Crippen molar-refractivity contribution in [3.05, 3.63) is 29.8 Å². The van der Waals surface area contributed by atoms with Crippen molar-refractivity contribution < 1.29 is 9.53 Å². The molecule has 0 saturated heterocycles. The Morgan fingerprint density at radius 3 is 2.31 bits per heavy atom. The normalized spacial score (nSPS) is 38.5. The zero-order valence-electron chi connectivity index (χ0n) is 15.9. The van der Waals surface area contributed by atoms with Gasteiger partial charge in [0, 0.05) is 6.04 Å². The standard InChI is InChI=1S/C23H31NO2/c1-26-20-8-6-18(7-9-20)22-11-16-10-17(12-22)14-23(13-16,15-22)21(25)24-19-4-2-3-5-19/h6-9,16-17,19H,2-5,10-15H2,1H3,(H,24,25). The summed E-state index contributed by atoms with van der Waals surface area (Å²) in [6.07, 6.45) is 12.1. The first-order valence-corrected chi connectivity index (χ1v) is 10.6. The van der Waals surface area contributed by atoms with Gasteiger partial charge in [0.25, 0.3) is 0 Å². The summed E-state index contributed by atoms with van der Waals surface area (Å²) in [6.45, 7) is 0. The van der Waals surface area contributed by atoms with Crippen LogP contribution in [0.15, 0.2) is 24.3 Å². The van der Waals surface area contributed by atoms with E-state index < -0.39 is 0 Å². The third kappa shape index (κ3) is 2.58. The number of carbonyl (C=O) groups is 1.